The van der Waals surface area contributed by atoms with Crippen LogP contribution in [0.4, 0.5) is 11.4 Å². The van der Waals surface area contributed by atoms with Crippen molar-refractivity contribution in [3.8, 4) is 0 Å². The Morgan fingerprint density at radius 3 is 2.62 bits per heavy atom. The molecule has 2 aromatic rings. The summed E-state index contributed by atoms with van der Waals surface area (Å²) in [6.07, 6.45) is 1.76. The molecule has 4 heterocycles. The number of carbonyl (C=O) groups is 3. The minimum atomic E-state index is -1.09. The number of amides is 3. The molecule has 6 rings (SSSR count). The first-order chi connectivity index (χ1) is 14.0. The number of anilines is 2. The van der Waals surface area contributed by atoms with E-state index in [1.54, 1.807) is 12.1 Å². The van der Waals surface area contributed by atoms with E-state index in [9.17, 15) is 14.4 Å². The SMILES string of the molecule is Cc1ccc2c(c1)[C@@]1(C(=O)N2)[C@@H]2C(=O)N(c3ccccc3)C(=O)[C@@H]2[C@@H]2CCCN21. The van der Waals surface area contributed by atoms with Gasteiger partial charge in [-0.25, -0.2) is 4.90 Å². The number of rotatable bonds is 1. The molecule has 1 spiro atoms. The number of hydrogen-bond donors (Lipinski definition) is 1. The van der Waals surface area contributed by atoms with E-state index in [0.717, 1.165) is 36.2 Å². The van der Waals surface area contributed by atoms with Gasteiger partial charge in [0.05, 0.1) is 17.5 Å². The molecule has 0 saturated carbocycles. The highest BCUT2D eigenvalue weighted by atomic mass is 16.2. The molecule has 2 aromatic carbocycles. The van der Waals surface area contributed by atoms with Crippen LogP contribution in [0.25, 0.3) is 0 Å². The Hall–Kier alpha value is -2.99. The average molecular weight is 387 g/mol. The first-order valence-corrected chi connectivity index (χ1v) is 10.2. The lowest BCUT2D eigenvalue weighted by Crippen LogP contribution is -2.54. The fourth-order valence-corrected chi connectivity index (χ4v) is 6.15. The van der Waals surface area contributed by atoms with E-state index < -0.39 is 17.4 Å². The number of imide groups is 1. The summed E-state index contributed by atoms with van der Waals surface area (Å²) in [5.41, 5.74) is 2.13. The molecule has 3 amide bonds. The molecule has 29 heavy (non-hydrogen) atoms. The van der Waals surface area contributed by atoms with Gasteiger partial charge >= 0.3 is 0 Å². The van der Waals surface area contributed by atoms with Crippen molar-refractivity contribution in [1.82, 2.24) is 4.90 Å². The monoisotopic (exact) mass is 387 g/mol. The third kappa shape index (κ3) is 1.88. The maximum atomic E-state index is 13.7. The average Bonchev–Trinajstić information content (AvgIpc) is 3.41. The molecule has 3 fully saturated rings. The maximum Gasteiger partial charge on any atom is 0.250 e. The van der Waals surface area contributed by atoms with E-state index in [0.29, 0.717) is 5.69 Å². The van der Waals surface area contributed by atoms with Crippen molar-refractivity contribution in [2.24, 2.45) is 11.8 Å². The maximum absolute atomic E-state index is 13.7. The van der Waals surface area contributed by atoms with Crippen molar-refractivity contribution in [1.29, 1.82) is 0 Å². The van der Waals surface area contributed by atoms with Crippen molar-refractivity contribution in [2.45, 2.75) is 31.3 Å². The number of fused-ring (bicyclic) bond motifs is 7. The summed E-state index contributed by atoms with van der Waals surface area (Å²) >= 11 is 0. The van der Waals surface area contributed by atoms with Gasteiger partial charge in [-0.2, -0.15) is 0 Å². The van der Waals surface area contributed by atoms with Crippen LogP contribution in [0.1, 0.15) is 24.0 Å². The molecule has 6 nitrogen and oxygen atoms in total. The van der Waals surface area contributed by atoms with Crippen molar-refractivity contribution >= 4 is 29.1 Å². The highest BCUT2D eigenvalue weighted by molar-refractivity contribution is 6.25. The van der Waals surface area contributed by atoms with Gasteiger partial charge in [-0.15, -0.1) is 0 Å². The second-order valence-corrected chi connectivity index (χ2v) is 8.52. The minimum absolute atomic E-state index is 0.0811. The Balaban J connectivity index is 1.58. The lowest BCUT2D eigenvalue weighted by molar-refractivity contribution is -0.135. The van der Waals surface area contributed by atoms with Crippen LogP contribution in [-0.4, -0.2) is 35.2 Å². The van der Waals surface area contributed by atoms with Gasteiger partial charge in [0.2, 0.25) is 17.7 Å². The summed E-state index contributed by atoms with van der Waals surface area (Å²) in [7, 11) is 0. The second kappa shape index (κ2) is 5.54. The van der Waals surface area contributed by atoms with Gasteiger partial charge in [0.1, 0.15) is 5.54 Å². The minimum Gasteiger partial charge on any atom is -0.324 e. The van der Waals surface area contributed by atoms with E-state index in [1.807, 2.05) is 43.3 Å². The number of hydrogen-bond acceptors (Lipinski definition) is 4. The predicted octanol–water partition coefficient (Wildman–Crippen LogP) is 2.43. The normalized spacial score (nSPS) is 32.7. The number of nitrogens with zero attached hydrogens (tertiary/aromatic N) is 2. The Kier molecular flexibility index (Phi) is 3.23. The largest absolute Gasteiger partial charge is 0.324 e. The summed E-state index contributed by atoms with van der Waals surface area (Å²) in [5, 5.41) is 3.01. The number of para-hydroxylation sites is 1. The van der Waals surface area contributed by atoms with Crippen molar-refractivity contribution in [3.63, 3.8) is 0 Å². The lowest BCUT2D eigenvalue weighted by Gasteiger charge is -2.36. The van der Waals surface area contributed by atoms with E-state index in [-0.39, 0.29) is 23.8 Å². The first-order valence-electron chi connectivity index (χ1n) is 10.2. The van der Waals surface area contributed by atoms with Gasteiger partial charge in [0, 0.05) is 17.3 Å². The number of benzene rings is 2. The van der Waals surface area contributed by atoms with Crippen LogP contribution in [0.15, 0.2) is 48.5 Å². The van der Waals surface area contributed by atoms with E-state index >= 15 is 0 Å². The quantitative estimate of drug-likeness (QED) is 0.763. The Morgan fingerprint density at radius 1 is 1.03 bits per heavy atom. The van der Waals surface area contributed by atoms with Crippen LogP contribution >= 0.6 is 0 Å². The topological polar surface area (TPSA) is 69.7 Å². The molecule has 3 saturated heterocycles. The number of aryl methyl sites for hydroxylation is 1. The fourth-order valence-electron chi connectivity index (χ4n) is 6.15. The van der Waals surface area contributed by atoms with Crippen molar-refractivity contribution in [3.05, 3.63) is 59.7 Å². The Bertz CT molecular complexity index is 1080. The van der Waals surface area contributed by atoms with Gasteiger partial charge in [0.25, 0.3) is 0 Å². The van der Waals surface area contributed by atoms with Gasteiger partial charge in [0.15, 0.2) is 0 Å². The third-order valence-corrected chi connectivity index (χ3v) is 7.16. The molecule has 4 atom stereocenters. The summed E-state index contributed by atoms with van der Waals surface area (Å²) in [5.74, 6) is -1.78. The van der Waals surface area contributed by atoms with Gasteiger partial charge in [-0.05, 0) is 44.5 Å². The van der Waals surface area contributed by atoms with Crippen LogP contribution in [0, 0.1) is 18.8 Å². The zero-order valence-corrected chi connectivity index (χ0v) is 16.1. The van der Waals surface area contributed by atoms with Crippen LogP contribution in [-0.2, 0) is 19.9 Å². The van der Waals surface area contributed by atoms with Crippen molar-refractivity contribution < 1.29 is 14.4 Å². The molecule has 1 N–H and O–H groups in total. The zero-order chi connectivity index (χ0) is 19.9. The molecular formula is C23H21N3O3. The lowest BCUT2D eigenvalue weighted by atomic mass is 9.75. The van der Waals surface area contributed by atoms with E-state index in [4.69, 9.17) is 0 Å². The molecule has 0 unspecified atom stereocenters. The molecular weight excluding hydrogens is 366 g/mol. The summed E-state index contributed by atoms with van der Waals surface area (Å²) in [6, 6.07) is 14.9. The van der Waals surface area contributed by atoms with Gasteiger partial charge < -0.3 is 5.32 Å². The standard InChI is InChI=1S/C23H21N3O3/c1-13-9-10-16-15(12-13)23(22(29)24-16)19-18(17-8-5-11-25(17)23)20(27)26(21(19)28)14-6-3-2-4-7-14/h2-4,6-7,9-10,12,17-19H,5,8,11H2,1H3,(H,24,29)/t17-,18+,19-,23-/m0/s1. The van der Waals surface area contributed by atoms with Crippen LogP contribution in [0.5, 0.6) is 0 Å². The highest BCUT2D eigenvalue weighted by Gasteiger charge is 2.74. The predicted molar refractivity (Wildman–Crippen MR) is 107 cm³/mol. The highest BCUT2D eigenvalue weighted by Crippen LogP contribution is 2.60. The molecule has 0 bridgehead atoms. The molecule has 0 radical (unpaired) electrons. The number of nitrogens with one attached hydrogen (secondary N) is 1. The van der Waals surface area contributed by atoms with Crippen molar-refractivity contribution in [2.75, 3.05) is 16.8 Å². The zero-order valence-electron chi connectivity index (χ0n) is 16.1. The van der Waals surface area contributed by atoms with Gasteiger partial charge in [-0.1, -0.05) is 35.9 Å². The molecule has 0 aliphatic carbocycles. The molecule has 4 aliphatic heterocycles. The van der Waals surface area contributed by atoms with E-state index in [1.165, 1.54) is 4.90 Å². The van der Waals surface area contributed by atoms with E-state index in [2.05, 4.69) is 10.2 Å². The number of carbonyl (C=O) groups excluding carboxylic acids is 3. The molecule has 146 valence electrons. The Labute approximate surface area is 168 Å². The molecule has 6 heteroatoms. The van der Waals surface area contributed by atoms with Gasteiger partial charge in [-0.3, -0.25) is 19.3 Å². The summed E-state index contributed by atoms with van der Waals surface area (Å²) in [6.45, 7) is 2.72. The smallest absolute Gasteiger partial charge is 0.250 e. The van der Waals surface area contributed by atoms with Crippen LogP contribution in [0.2, 0.25) is 0 Å². The summed E-state index contributed by atoms with van der Waals surface area (Å²) < 4.78 is 0. The van der Waals surface area contributed by atoms with Crippen LogP contribution < -0.4 is 10.2 Å². The second-order valence-electron chi connectivity index (χ2n) is 8.52. The van der Waals surface area contributed by atoms with Crippen LogP contribution in [0.3, 0.4) is 0 Å². The Morgan fingerprint density at radius 2 is 1.83 bits per heavy atom. The molecule has 4 aliphatic rings. The fraction of sp³-hybridized carbons (Fsp3) is 0.348. The molecule has 0 aromatic heterocycles. The third-order valence-electron chi connectivity index (χ3n) is 7.16. The summed E-state index contributed by atoms with van der Waals surface area (Å²) in [4.78, 5) is 44.2. The first kappa shape index (κ1) is 16.9.